The minimum absolute atomic E-state index is 0.211. The van der Waals surface area contributed by atoms with E-state index in [4.69, 9.17) is 0 Å². The molecule has 0 saturated carbocycles. The van der Waals surface area contributed by atoms with Crippen LogP contribution >= 0.6 is 11.8 Å². The molecule has 0 atom stereocenters. The fourth-order valence-corrected chi connectivity index (χ4v) is 2.53. The Morgan fingerprint density at radius 1 is 1.22 bits per heavy atom. The average Bonchev–Trinajstić information content (AvgIpc) is 2.58. The number of carbonyl (C=O) groups excluding carboxylic acids is 2. The van der Waals surface area contributed by atoms with Gasteiger partial charge in [-0.3, -0.25) is 14.5 Å². The number of hydrogen-bond donors (Lipinski definition) is 0. The molecule has 5 heteroatoms. The molecule has 0 bridgehead atoms. The highest BCUT2D eigenvalue weighted by atomic mass is 32.2. The molecule has 4 nitrogen and oxygen atoms in total. The van der Waals surface area contributed by atoms with Crippen molar-refractivity contribution in [1.29, 1.82) is 0 Å². The summed E-state index contributed by atoms with van der Waals surface area (Å²) >= 11 is 0.986. The fraction of sp³-hybridized carbons (Fsp3) is 0.231. The summed E-state index contributed by atoms with van der Waals surface area (Å²) in [6.07, 6.45) is 1.68. The standard InChI is InChI=1S/C13H14N2O2S/c1-14(2)9-11-12(16)15(13(17)18-11)8-10-6-4-3-5-7-10/h3-7,9H,8H2,1-2H3/b11-9-. The van der Waals surface area contributed by atoms with E-state index in [1.54, 1.807) is 11.1 Å². The zero-order valence-corrected chi connectivity index (χ0v) is 11.1. The quantitative estimate of drug-likeness (QED) is 0.784. The smallest absolute Gasteiger partial charge is 0.293 e. The molecule has 0 spiro atoms. The van der Waals surface area contributed by atoms with Gasteiger partial charge in [0.2, 0.25) is 0 Å². The lowest BCUT2D eigenvalue weighted by atomic mass is 10.2. The first-order valence-corrected chi connectivity index (χ1v) is 6.35. The predicted molar refractivity (Wildman–Crippen MR) is 71.7 cm³/mol. The van der Waals surface area contributed by atoms with E-state index >= 15 is 0 Å². The lowest BCUT2D eigenvalue weighted by Gasteiger charge is -2.12. The Kier molecular flexibility index (Phi) is 3.72. The number of rotatable bonds is 3. The van der Waals surface area contributed by atoms with E-state index in [1.807, 2.05) is 44.4 Å². The van der Waals surface area contributed by atoms with Crippen LogP contribution in [0.2, 0.25) is 0 Å². The van der Waals surface area contributed by atoms with Gasteiger partial charge in [-0.15, -0.1) is 0 Å². The lowest BCUT2D eigenvalue weighted by molar-refractivity contribution is -0.123. The first-order chi connectivity index (χ1) is 8.58. The molecule has 0 unspecified atom stereocenters. The predicted octanol–water partition coefficient (Wildman–Crippen LogP) is 2.29. The largest absolute Gasteiger partial charge is 0.382 e. The number of hydrogen-bond acceptors (Lipinski definition) is 4. The maximum absolute atomic E-state index is 12.0. The summed E-state index contributed by atoms with van der Waals surface area (Å²) in [5.74, 6) is -0.220. The normalized spacial score (nSPS) is 17.7. The number of amides is 2. The zero-order chi connectivity index (χ0) is 13.1. The summed E-state index contributed by atoms with van der Waals surface area (Å²) in [5, 5.41) is -0.211. The second kappa shape index (κ2) is 5.27. The van der Waals surface area contributed by atoms with Crippen molar-refractivity contribution in [3.63, 3.8) is 0 Å². The molecule has 1 aromatic rings. The van der Waals surface area contributed by atoms with Gasteiger partial charge in [0.25, 0.3) is 11.1 Å². The van der Waals surface area contributed by atoms with E-state index in [2.05, 4.69) is 0 Å². The van der Waals surface area contributed by atoms with Crippen LogP contribution in [0.25, 0.3) is 0 Å². The van der Waals surface area contributed by atoms with Crippen LogP contribution in [0, 0.1) is 0 Å². The van der Waals surface area contributed by atoms with Crippen molar-refractivity contribution >= 4 is 22.9 Å². The third-order valence-electron chi connectivity index (χ3n) is 2.43. The highest BCUT2D eigenvalue weighted by Gasteiger charge is 2.35. The molecule has 1 saturated heterocycles. The molecule has 1 aliphatic heterocycles. The topological polar surface area (TPSA) is 40.6 Å². The van der Waals surface area contributed by atoms with Crippen LogP contribution in [-0.2, 0) is 11.3 Å². The van der Waals surface area contributed by atoms with Crippen LogP contribution < -0.4 is 0 Å². The minimum atomic E-state index is -0.220. The monoisotopic (exact) mass is 262 g/mol. The summed E-state index contributed by atoms with van der Waals surface area (Å²) in [5.41, 5.74) is 0.950. The molecule has 1 aliphatic rings. The molecule has 0 aliphatic carbocycles. The van der Waals surface area contributed by atoms with Gasteiger partial charge >= 0.3 is 0 Å². The van der Waals surface area contributed by atoms with Crippen LogP contribution in [0.5, 0.6) is 0 Å². The van der Waals surface area contributed by atoms with Crippen LogP contribution in [0.1, 0.15) is 5.56 Å². The molecule has 2 amide bonds. The first kappa shape index (κ1) is 12.7. The minimum Gasteiger partial charge on any atom is -0.382 e. The number of imide groups is 1. The van der Waals surface area contributed by atoms with Gasteiger partial charge in [0.15, 0.2) is 0 Å². The highest BCUT2D eigenvalue weighted by molar-refractivity contribution is 8.18. The van der Waals surface area contributed by atoms with Gasteiger partial charge in [-0.25, -0.2) is 0 Å². The Morgan fingerprint density at radius 2 is 1.89 bits per heavy atom. The molecule has 2 rings (SSSR count). The second-order valence-electron chi connectivity index (χ2n) is 4.20. The molecular formula is C13H14N2O2S. The molecule has 1 fully saturated rings. The van der Waals surface area contributed by atoms with Gasteiger partial charge in [-0.1, -0.05) is 30.3 Å². The Morgan fingerprint density at radius 3 is 2.50 bits per heavy atom. The van der Waals surface area contributed by atoms with E-state index in [1.165, 1.54) is 4.90 Å². The van der Waals surface area contributed by atoms with Crippen molar-refractivity contribution < 1.29 is 9.59 Å². The Balaban J connectivity index is 2.15. The fourth-order valence-electron chi connectivity index (χ4n) is 1.63. The van der Waals surface area contributed by atoms with Gasteiger partial charge in [0.1, 0.15) is 0 Å². The van der Waals surface area contributed by atoms with E-state index in [0.717, 1.165) is 17.3 Å². The Bertz CT molecular complexity index is 497. The van der Waals surface area contributed by atoms with E-state index in [0.29, 0.717) is 11.4 Å². The number of benzene rings is 1. The van der Waals surface area contributed by atoms with Crippen molar-refractivity contribution in [1.82, 2.24) is 9.80 Å². The van der Waals surface area contributed by atoms with Crippen LogP contribution in [0.4, 0.5) is 4.79 Å². The second-order valence-corrected chi connectivity index (χ2v) is 5.20. The molecule has 0 aromatic heterocycles. The number of carbonyl (C=O) groups is 2. The molecule has 0 radical (unpaired) electrons. The molecule has 94 valence electrons. The van der Waals surface area contributed by atoms with Gasteiger partial charge in [-0.05, 0) is 17.3 Å². The van der Waals surface area contributed by atoms with E-state index in [-0.39, 0.29) is 11.1 Å². The van der Waals surface area contributed by atoms with Crippen molar-refractivity contribution in [3.05, 3.63) is 47.0 Å². The van der Waals surface area contributed by atoms with Gasteiger partial charge in [0.05, 0.1) is 11.4 Å². The van der Waals surface area contributed by atoms with Crippen LogP contribution in [0.3, 0.4) is 0 Å². The number of thioether (sulfide) groups is 1. The third-order valence-corrected chi connectivity index (χ3v) is 3.33. The van der Waals surface area contributed by atoms with Crippen LogP contribution in [-0.4, -0.2) is 35.0 Å². The van der Waals surface area contributed by atoms with E-state index < -0.39 is 0 Å². The number of nitrogens with zero attached hydrogens (tertiary/aromatic N) is 2. The average molecular weight is 262 g/mol. The molecule has 0 N–H and O–H groups in total. The van der Waals surface area contributed by atoms with Gasteiger partial charge < -0.3 is 4.90 Å². The summed E-state index contributed by atoms with van der Waals surface area (Å²) in [7, 11) is 3.65. The zero-order valence-electron chi connectivity index (χ0n) is 10.3. The van der Waals surface area contributed by atoms with Crippen molar-refractivity contribution in [2.24, 2.45) is 0 Å². The van der Waals surface area contributed by atoms with Crippen LogP contribution in [0.15, 0.2) is 41.4 Å². The highest BCUT2D eigenvalue weighted by Crippen LogP contribution is 2.31. The first-order valence-electron chi connectivity index (χ1n) is 5.54. The summed E-state index contributed by atoms with van der Waals surface area (Å²) in [4.78, 5) is 27.3. The summed E-state index contributed by atoms with van der Waals surface area (Å²) in [6, 6.07) is 9.50. The summed E-state index contributed by atoms with van der Waals surface area (Å²) in [6.45, 7) is 0.330. The molecule has 18 heavy (non-hydrogen) atoms. The van der Waals surface area contributed by atoms with Crippen molar-refractivity contribution in [3.8, 4) is 0 Å². The van der Waals surface area contributed by atoms with Crippen molar-refractivity contribution in [2.45, 2.75) is 6.54 Å². The SMILES string of the molecule is CN(C)/C=C1\SC(=O)N(Cc2ccccc2)C1=O. The van der Waals surface area contributed by atoms with E-state index in [9.17, 15) is 9.59 Å². The maximum atomic E-state index is 12.0. The summed E-state index contributed by atoms with van der Waals surface area (Å²) < 4.78 is 0. The molecule has 1 aromatic carbocycles. The van der Waals surface area contributed by atoms with Gasteiger partial charge in [-0.2, -0.15) is 0 Å². The third kappa shape index (κ3) is 2.73. The van der Waals surface area contributed by atoms with Gasteiger partial charge in [0, 0.05) is 20.3 Å². The maximum Gasteiger partial charge on any atom is 0.293 e. The van der Waals surface area contributed by atoms with Crippen molar-refractivity contribution in [2.75, 3.05) is 14.1 Å². The Labute approximate surface area is 110 Å². The molecular weight excluding hydrogens is 248 g/mol. The lowest BCUT2D eigenvalue weighted by Crippen LogP contribution is -2.27. The molecule has 1 heterocycles. The Hall–Kier alpha value is -1.75.